The van der Waals surface area contributed by atoms with Gasteiger partial charge in [0.15, 0.2) is 0 Å². The fourth-order valence-corrected chi connectivity index (χ4v) is 3.48. The van der Waals surface area contributed by atoms with Crippen molar-refractivity contribution in [3.63, 3.8) is 0 Å². The molecular weight excluding hydrogens is 366 g/mol. The van der Waals surface area contributed by atoms with Crippen LogP contribution in [0, 0.1) is 5.41 Å². The van der Waals surface area contributed by atoms with E-state index in [0.717, 1.165) is 11.1 Å². The van der Waals surface area contributed by atoms with E-state index in [-0.39, 0.29) is 5.41 Å². The van der Waals surface area contributed by atoms with Crippen LogP contribution in [0.15, 0.2) is 58.7 Å². The summed E-state index contributed by atoms with van der Waals surface area (Å²) in [5.41, 5.74) is 5.28. The normalized spacial score (nSPS) is 19.2. The molecule has 0 aromatic rings. The Balaban J connectivity index is 2.63. The molecule has 29 heavy (non-hydrogen) atoms. The molecule has 0 aliphatic heterocycles. The molecule has 0 saturated carbocycles. The van der Waals surface area contributed by atoms with Crippen LogP contribution < -0.4 is 5.32 Å². The fourth-order valence-electron chi connectivity index (χ4n) is 3.48. The lowest BCUT2D eigenvalue weighted by Crippen LogP contribution is -2.38. The Bertz CT molecular complexity index is 751. The van der Waals surface area contributed by atoms with Gasteiger partial charge in [0.25, 0.3) is 0 Å². The van der Waals surface area contributed by atoms with Crippen LogP contribution >= 0.6 is 0 Å². The molecule has 3 N–H and O–H groups in total. The van der Waals surface area contributed by atoms with Gasteiger partial charge in [-0.2, -0.15) is 0 Å². The highest BCUT2D eigenvalue weighted by Crippen LogP contribution is 2.40. The Kier molecular flexibility index (Phi) is 9.83. The number of carbonyl (C=O) groups is 2. The van der Waals surface area contributed by atoms with Gasteiger partial charge in [-0.3, -0.25) is 9.59 Å². The molecule has 1 rings (SSSR count). The minimum atomic E-state index is -1.16. The predicted octanol–water partition coefficient (Wildman–Crippen LogP) is 5.04. The lowest BCUT2D eigenvalue weighted by molar-refractivity contribution is -0.145. The van der Waals surface area contributed by atoms with Crippen LogP contribution in [0.4, 0.5) is 0 Å². The molecule has 0 amide bonds. The molecule has 1 atom stereocenters. The van der Waals surface area contributed by atoms with Crippen molar-refractivity contribution in [2.75, 3.05) is 6.54 Å². The summed E-state index contributed by atoms with van der Waals surface area (Å²) in [6.45, 7) is 11.1. The number of nitrogens with one attached hydrogen (secondary N) is 1. The van der Waals surface area contributed by atoms with Crippen LogP contribution in [0.2, 0.25) is 0 Å². The number of rotatable bonds is 10. The maximum absolute atomic E-state index is 11.0. The average Bonchev–Trinajstić information content (AvgIpc) is 2.59. The van der Waals surface area contributed by atoms with E-state index in [9.17, 15) is 9.59 Å². The molecule has 1 unspecified atom stereocenters. The number of allylic oxidation sites excluding steroid dienone is 9. The summed E-state index contributed by atoms with van der Waals surface area (Å²) in [6, 6.07) is -1.09. The standard InChI is InChI=1S/C24H35NO4/c1-17(11-12-20-19(3)10-7-14-24(20,4)5)8-6-9-18(2)13-15-25-21(23(28)29)16-22(26)27/h6,8-9,11-13,21,25H,7,10,14-16H2,1-5H3,(H,26,27)(H,28,29)/b9-6+,12-11+,17-8+,18-13+. The summed E-state index contributed by atoms with van der Waals surface area (Å²) in [5.74, 6) is -2.30. The monoisotopic (exact) mass is 401 g/mol. The molecule has 1 aliphatic rings. The van der Waals surface area contributed by atoms with E-state index in [4.69, 9.17) is 10.2 Å². The van der Waals surface area contributed by atoms with Crippen molar-refractivity contribution in [2.24, 2.45) is 5.41 Å². The highest BCUT2D eigenvalue weighted by atomic mass is 16.4. The Labute approximate surface area is 174 Å². The quantitative estimate of drug-likeness (QED) is 0.447. The van der Waals surface area contributed by atoms with Gasteiger partial charge >= 0.3 is 11.9 Å². The molecule has 0 fully saturated rings. The van der Waals surface area contributed by atoms with Gasteiger partial charge in [-0.05, 0) is 51.0 Å². The molecule has 0 aromatic carbocycles. The number of carboxylic acids is 2. The highest BCUT2D eigenvalue weighted by molar-refractivity contribution is 5.80. The SMILES string of the molecule is CC1=C(/C=C/C(C)=C/C=C/C(C)=C/CNC(CC(=O)O)C(=O)O)C(C)(C)CCC1. The summed E-state index contributed by atoms with van der Waals surface area (Å²) in [4.78, 5) is 21.7. The second-order valence-corrected chi connectivity index (χ2v) is 8.38. The third-order valence-electron chi connectivity index (χ3n) is 5.24. The van der Waals surface area contributed by atoms with Crippen molar-refractivity contribution in [1.82, 2.24) is 5.32 Å². The summed E-state index contributed by atoms with van der Waals surface area (Å²) >= 11 is 0. The van der Waals surface area contributed by atoms with E-state index in [1.54, 1.807) is 0 Å². The lowest BCUT2D eigenvalue weighted by Gasteiger charge is -2.32. The maximum atomic E-state index is 11.0. The van der Waals surface area contributed by atoms with E-state index in [1.807, 2.05) is 31.2 Å². The molecule has 5 heteroatoms. The van der Waals surface area contributed by atoms with Gasteiger partial charge in [-0.1, -0.05) is 67.0 Å². The highest BCUT2D eigenvalue weighted by Gasteiger charge is 2.26. The Morgan fingerprint density at radius 2 is 1.86 bits per heavy atom. The van der Waals surface area contributed by atoms with Crippen LogP contribution in [-0.4, -0.2) is 34.7 Å². The average molecular weight is 402 g/mol. The molecule has 0 radical (unpaired) electrons. The van der Waals surface area contributed by atoms with E-state index < -0.39 is 24.4 Å². The van der Waals surface area contributed by atoms with Gasteiger partial charge in [-0.25, -0.2) is 0 Å². The number of hydrogen-bond donors (Lipinski definition) is 3. The molecular formula is C24H35NO4. The summed E-state index contributed by atoms with van der Waals surface area (Å²) in [6.07, 6.45) is 15.4. The zero-order valence-corrected chi connectivity index (χ0v) is 18.3. The van der Waals surface area contributed by atoms with Crippen LogP contribution in [0.25, 0.3) is 0 Å². The fraction of sp³-hybridized carbons (Fsp3) is 0.500. The van der Waals surface area contributed by atoms with E-state index in [1.165, 1.54) is 30.4 Å². The molecule has 0 saturated heterocycles. The first kappa shape index (κ1) is 24.6. The molecule has 0 aromatic heterocycles. The summed E-state index contributed by atoms with van der Waals surface area (Å²) in [7, 11) is 0. The molecule has 0 bridgehead atoms. The lowest BCUT2D eigenvalue weighted by atomic mass is 9.72. The Hall–Kier alpha value is -2.40. The first-order valence-corrected chi connectivity index (χ1v) is 10.1. The van der Waals surface area contributed by atoms with Gasteiger partial charge in [-0.15, -0.1) is 0 Å². The Morgan fingerprint density at radius 1 is 1.17 bits per heavy atom. The zero-order chi connectivity index (χ0) is 22.0. The zero-order valence-electron chi connectivity index (χ0n) is 18.3. The van der Waals surface area contributed by atoms with E-state index >= 15 is 0 Å². The van der Waals surface area contributed by atoms with Crippen molar-refractivity contribution in [3.05, 3.63) is 58.7 Å². The van der Waals surface area contributed by atoms with Crippen LogP contribution in [0.3, 0.4) is 0 Å². The van der Waals surface area contributed by atoms with Crippen molar-refractivity contribution >= 4 is 11.9 Å². The first-order valence-electron chi connectivity index (χ1n) is 10.1. The molecule has 160 valence electrons. The van der Waals surface area contributed by atoms with Crippen molar-refractivity contribution in [2.45, 2.75) is 66.3 Å². The smallest absolute Gasteiger partial charge is 0.321 e. The summed E-state index contributed by atoms with van der Waals surface area (Å²) in [5, 5.41) is 20.5. The van der Waals surface area contributed by atoms with Crippen molar-refractivity contribution in [3.8, 4) is 0 Å². The van der Waals surface area contributed by atoms with Crippen LogP contribution in [0.1, 0.15) is 60.3 Å². The number of aliphatic carboxylic acids is 2. The van der Waals surface area contributed by atoms with Gasteiger partial charge in [0.1, 0.15) is 6.04 Å². The Morgan fingerprint density at radius 3 is 2.45 bits per heavy atom. The van der Waals surface area contributed by atoms with Gasteiger partial charge in [0.05, 0.1) is 6.42 Å². The predicted molar refractivity (Wildman–Crippen MR) is 118 cm³/mol. The second-order valence-electron chi connectivity index (χ2n) is 8.38. The minimum absolute atomic E-state index is 0.232. The third kappa shape index (κ3) is 9.09. The first-order chi connectivity index (χ1) is 13.5. The topological polar surface area (TPSA) is 86.6 Å². The minimum Gasteiger partial charge on any atom is -0.481 e. The number of hydrogen-bond acceptors (Lipinski definition) is 3. The van der Waals surface area contributed by atoms with E-state index in [0.29, 0.717) is 6.54 Å². The van der Waals surface area contributed by atoms with Crippen molar-refractivity contribution < 1.29 is 19.8 Å². The molecule has 1 aliphatic carbocycles. The van der Waals surface area contributed by atoms with Crippen molar-refractivity contribution in [1.29, 1.82) is 0 Å². The molecule has 5 nitrogen and oxygen atoms in total. The van der Waals surface area contributed by atoms with Crippen LogP contribution in [-0.2, 0) is 9.59 Å². The van der Waals surface area contributed by atoms with E-state index in [2.05, 4.69) is 45.2 Å². The summed E-state index contributed by atoms with van der Waals surface area (Å²) < 4.78 is 0. The largest absolute Gasteiger partial charge is 0.481 e. The third-order valence-corrected chi connectivity index (χ3v) is 5.24. The van der Waals surface area contributed by atoms with Gasteiger partial charge in [0.2, 0.25) is 0 Å². The van der Waals surface area contributed by atoms with Crippen LogP contribution in [0.5, 0.6) is 0 Å². The van der Waals surface area contributed by atoms with Gasteiger partial charge < -0.3 is 15.5 Å². The van der Waals surface area contributed by atoms with Gasteiger partial charge in [0, 0.05) is 6.54 Å². The second kappa shape index (κ2) is 11.6. The molecule has 0 spiro atoms. The maximum Gasteiger partial charge on any atom is 0.321 e. The molecule has 0 heterocycles. The number of carboxylic acid groups (broad SMARTS) is 2.